The summed E-state index contributed by atoms with van der Waals surface area (Å²) in [6, 6.07) is 13.6. The minimum absolute atomic E-state index is 0.0101. The molecule has 0 bridgehead atoms. The molecule has 11 heteroatoms. The third-order valence-corrected chi connectivity index (χ3v) is 8.40. The fourth-order valence-electron chi connectivity index (χ4n) is 6.07. The predicted molar refractivity (Wildman–Crippen MR) is 164 cm³/mol. The number of nitrogens with zero attached hydrogens (tertiary/aromatic N) is 2. The minimum Gasteiger partial charge on any atom is -0.496 e. The average Bonchev–Trinajstić information content (AvgIpc) is 3.29. The number of esters is 1. The third-order valence-electron chi connectivity index (χ3n) is 7.88. The smallest absolute Gasteiger partial charge is 0.341 e. The number of nitrogens with one attached hydrogen (secondary N) is 1. The Labute approximate surface area is 265 Å². The van der Waals surface area contributed by atoms with Gasteiger partial charge in [-0.2, -0.15) is 5.26 Å². The molecule has 0 radical (unpaired) electrons. The first-order chi connectivity index (χ1) is 20.8. The highest BCUT2D eigenvalue weighted by Gasteiger charge is 2.60. The molecule has 7 nitrogen and oxygen atoms in total. The maximum atomic E-state index is 15.8. The molecule has 232 valence electrons. The first-order valence-electron chi connectivity index (χ1n) is 13.9. The van der Waals surface area contributed by atoms with Crippen LogP contribution in [-0.2, 0) is 16.7 Å². The molecule has 3 atom stereocenters. The van der Waals surface area contributed by atoms with Crippen molar-refractivity contribution in [1.29, 1.82) is 5.26 Å². The van der Waals surface area contributed by atoms with Crippen molar-refractivity contribution in [2.24, 2.45) is 11.3 Å². The van der Waals surface area contributed by atoms with Crippen LogP contribution in [0, 0.1) is 34.3 Å². The normalized spacial score (nSPS) is 19.8. The van der Waals surface area contributed by atoms with Gasteiger partial charge in [0.15, 0.2) is 0 Å². The predicted octanol–water partition coefficient (Wildman–Crippen LogP) is 7.85. The number of rotatable bonds is 7. The second-order valence-corrected chi connectivity index (χ2v) is 12.8. The highest BCUT2D eigenvalue weighted by atomic mass is 35.5. The maximum absolute atomic E-state index is 15.8. The molecule has 1 heterocycles. The van der Waals surface area contributed by atoms with Crippen LogP contribution in [0.3, 0.4) is 0 Å². The zero-order valence-corrected chi connectivity index (χ0v) is 26.5. The Morgan fingerprint density at radius 3 is 2.45 bits per heavy atom. The first-order valence-corrected chi connectivity index (χ1v) is 14.6. The van der Waals surface area contributed by atoms with Crippen molar-refractivity contribution in [1.82, 2.24) is 10.2 Å². The van der Waals surface area contributed by atoms with E-state index >= 15 is 8.78 Å². The Balaban J connectivity index is 1.83. The summed E-state index contributed by atoms with van der Waals surface area (Å²) < 4.78 is 41.7. The van der Waals surface area contributed by atoms with Gasteiger partial charge in [-0.15, -0.1) is 0 Å². The molecule has 44 heavy (non-hydrogen) atoms. The van der Waals surface area contributed by atoms with Crippen LogP contribution in [0.2, 0.25) is 10.0 Å². The molecule has 3 unspecified atom stereocenters. The van der Waals surface area contributed by atoms with Crippen molar-refractivity contribution in [3.8, 4) is 11.8 Å². The SMILES string of the molecule is COC(=O)c1ccc(CNC(=O)N2CC(CC(C)(C)C)C(C#N)(c3ccc(Cl)cc3F)C2c2cccc(Cl)c2F)cc1OC. The number of benzene rings is 3. The van der Waals surface area contributed by atoms with Gasteiger partial charge in [0.2, 0.25) is 0 Å². The highest BCUT2D eigenvalue weighted by Crippen LogP contribution is 2.56. The summed E-state index contributed by atoms with van der Waals surface area (Å²) in [4.78, 5) is 27.4. The molecule has 3 aromatic rings. The quantitative estimate of drug-likeness (QED) is 0.265. The molecule has 0 saturated carbocycles. The second kappa shape index (κ2) is 13.0. The maximum Gasteiger partial charge on any atom is 0.341 e. The number of nitriles is 1. The lowest BCUT2D eigenvalue weighted by molar-refractivity contribution is 0.0597. The van der Waals surface area contributed by atoms with Gasteiger partial charge in [-0.05, 0) is 47.7 Å². The van der Waals surface area contributed by atoms with Crippen LogP contribution in [0.4, 0.5) is 13.6 Å². The van der Waals surface area contributed by atoms with E-state index in [0.29, 0.717) is 12.0 Å². The molecule has 0 spiro atoms. The van der Waals surface area contributed by atoms with Crippen molar-refractivity contribution < 1.29 is 27.8 Å². The van der Waals surface area contributed by atoms with Crippen molar-refractivity contribution in [2.75, 3.05) is 20.8 Å². The first kappa shape index (κ1) is 33.0. The van der Waals surface area contributed by atoms with Gasteiger partial charge in [0.05, 0.1) is 31.4 Å². The molecule has 0 aliphatic carbocycles. The molecule has 3 aromatic carbocycles. The molecule has 4 rings (SSSR count). The summed E-state index contributed by atoms with van der Waals surface area (Å²) in [7, 11) is 2.67. The molecular weight excluding hydrogens is 611 g/mol. The number of urea groups is 1. The molecule has 1 aliphatic heterocycles. The Bertz CT molecular complexity index is 1620. The van der Waals surface area contributed by atoms with E-state index in [1.165, 1.54) is 55.5 Å². The number of ether oxygens (including phenoxy) is 2. The molecule has 1 aliphatic rings. The van der Waals surface area contributed by atoms with E-state index in [1.807, 2.05) is 20.8 Å². The van der Waals surface area contributed by atoms with Gasteiger partial charge in [0.1, 0.15) is 28.4 Å². The van der Waals surface area contributed by atoms with Gasteiger partial charge >= 0.3 is 12.0 Å². The van der Waals surface area contributed by atoms with E-state index in [0.717, 1.165) is 6.07 Å². The van der Waals surface area contributed by atoms with E-state index in [9.17, 15) is 14.9 Å². The van der Waals surface area contributed by atoms with Crippen molar-refractivity contribution in [2.45, 2.75) is 45.2 Å². The Morgan fingerprint density at radius 2 is 1.84 bits per heavy atom. The molecule has 0 aromatic heterocycles. The molecule has 2 amide bonds. The molecule has 1 saturated heterocycles. The number of carbonyl (C=O) groups is 2. The average molecular weight is 645 g/mol. The van der Waals surface area contributed by atoms with Gasteiger partial charge in [0, 0.05) is 35.2 Å². The van der Waals surface area contributed by atoms with E-state index in [4.69, 9.17) is 32.7 Å². The van der Waals surface area contributed by atoms with Crippen LogP contribution < -0.4 is 10.1 Å². The van der Waals surface area contributed by atoms with Crippen molar-refractivity contribution in [3.05, 3.63) is 98.5 Å². The monoisotopic (exact) mass is 643 g/mol. The van der Waals surface area contributed by atoms with E-state index in [-0.39, 0.29) is 51.0 Å². The van der Waals surface area contributed by atoms with Crippen LogP contribution in [0.5, 0.6) is 5.75 Å². The van der Waals surface area contributed by atoms with E-state index < -0.39 is 41.0 Å². The Morgan fingerprint density at radius 1 is 1.11 bits per heavy atom. The fraction of sp³-hybridized carbons (Fsp3) is 0.364. The number of hydrogen-bond donors (Lipinski definition) is 1. The second-order valence-electron chi connectivity index (χ2n) is 11.9. The summed E-state index contributed by atoms with van der Waals surface area (Å²) in [6.07, 6.45) is 0.414. The van der Waals surface area contributed by atoms with Crippen LogP contribution in [0.1, 0.15) is 60.3 Å². The van der Waals surface area contributed by atoms with Crippen LogP contribution in [0.15, 0.2) is 54.6 Å². The number of carbonyl (C=O) groups excluding carboxylic acids is 2. The molecule has 1 N–H and O–H groups in total. The Hall–Kier alpha value is -3.87. The highest BCUT2D eigenvalue weighted by molar-refractivity contribution is 6.31. The van der Waals surface area contributed by atoms with Gasteiger partial charge in [-0.3, -0.25) is 0 Å². The summed E-state index contributed by atoms with van der Waals surface area (Å²) in [6.45, 7) is 5.99. The lowest BCUT2D eigenvalue weighted by Gasteiger charge is -2.38. The van der Waals surface area contributed by atoms with E-state index in [1.54, 1.807) is 12.1 Å². The molecule has 1 fully saturated rings. The summed E-state index contributed by atoms with van der Waals surface area (Å²) in [5.41, 5.74) is -1.21. The Kier molecular flexibility index (Phi) is 9.77. The lowest BCUT2D eigenvalue weighted by atomic mass is 9.63. The standard InChI is InChI=1S/C33H33Cl2F2N3O4/c1-32(2,3)15-20-17-40(31(42)39-16-19-9-11-22(30(41)44-5)27(13-19)43-4)29(23-7-6-8-25(35)28(23)37)33(20,18-38)24-12-10-21(34)14-26(24)36/h6-14,20,29H,15-17H2,1-5H3,(H,39,42). The number of amides is 2. The van der Waals surface area contributed by atoms with Gasteiger partial charge < -0.3 is 19.7 Å². The number of methoxy groups -OCH3 is 2. The van der Waals surface area contributed by atoms with Crippen molar-refractivity contribution in [3.63, 3.8) is 0 Å². The van der Waals surface area contributed by atoms with Crippen LogP contribution in [0.25, 0.3) is 0 Å². The number of hydrogen-bond acceptors (Lipinski definition) is 5. The van der Waals surface area contributed by atoms with Crippen LogP contribution in [-0.4, -0.2) is 37.7 Å². The van der Waals surface area contributed by atoms with Crippen LogP contribution >= 0.6 is 23.2 Å². The summed E-state index contributed by atoms with van der Waals surface area (Å²) in [5.74, 6) is -2.45. The number of likely N-dealkylation sites (tertiary alicyclic amines) is 1. The topological polar surface area (TPSA) is 91.7 Å². The fourth-order valence-corrected chi connectivity index (χ4v) is 6.41. The van der Waals surface area contributed by atoms with Gasteiger partial charge in [-0.25, -0.2) is 18.4 Å². The minimum atomic E-state index is -1.70. The summed E-state index contributed by atoms with van der Waals surface area (Å²) >= 11 is 12.3. The zero-order chi connectivity index (χ0) is 32.4. The molecular formula is C33H33Cl2F2N3O4. The largest absolute Gasteiger partial charge is 0.496 e. The third kappa shape index (κ3) is 6.33. The zero-order valence-electron chi connectivity index (χ0n) is 25.0. The number of halogens is 4. The van der Waals surface area contributed by atoms with Gasteiger partial charge in [0.25, 0.3) is 0 Å². The van der Waals surface area contributed by atoms with Crippen molar-refractivity contribution >= 4 is 35.2 Å². The van der Waals surface area contributed by atoms with E-state index in [2.05, 4.69) is 11.4 Å². The summed E-state index contributed by atoms with van der Waals surface area (Å²) in [5, 5.41) is 13.8. The lowest BCUT2D eigenvalue weighted by Crippen LogP contribution is -2.44. The van der Waals surface area contributed by atoms with Gasteiger partial charge in [-0.1, -0.05) is 68.2 Å².